The van der Waals surface area contributed by atoms with Crippen molar-refractivity contribution in [1.82, 2.24) is 0 Å². The Bertz CT molecular complexity index is 493. The zero-order valence-electron chi connectivity index (χ0n) is 15.8. The molecule has 0 aromatic carbocycles. The van der Waals surface area contributed by atoms with Crippen molar-refractivity contribution < 1.29 is 29.0 Å². The van der Waals surface area contributed by atoms with E-state index in [1.165, 1.54) is 0 Å². The molecule has 0 amide bonds. The molecule has 0 aliphatic carbocycles. The molecule has 0 saturated heterocycles. The average Bonchev–Trinajstić information content (AvgIpc) is 2.37. The molecule has 0 aliphatic rings. The lowest BCUT2D eigenvalue weighted by atomic mass is 9.61. The first-order valence-electron chi connectivity index (χ1n) is 7.94. The Labute approximate surface area is 144 Å². The number of carboxylic acids is 1. The predicted octanol–water partition coefficient (Wildman–Crippen LogP) is 3.20. The van der Waals surface area contributed by atoms with E-state index in [2.05, 4.69) is 20.8 Å². The molecular formula is C18H30O6. The lowest BCUT2D eigenvalue weighted by molar-refractivity contribution is -0.167. The minimum absolute atomic E-state index is 0.0465. The van der Waals surface area contributed by atoms with Gasteiger partial charge >= 0.3 is 17.9 Å². The summed E-state index contributed by atoms with van der Waals surface area (Å²) in [5.74, 6) is -2.36. The van der Waals surface area contributed by atoms with Gasteiger partial charge in [-0.05, 0) is 24.2 Å². The third-order valence-corrected chi connectivity index (χ3v) is 3.91. The fraction of sp³-hybridized carbons (Fsp3) is 0.722. The topological polar surface area (TPSA) is 89.9 Å². The highest BCUT2D eigenvalue weighted by Crippen LogP contribution is 2.47. The molecule has 6 heteroatoms. The lowest BCUT2D eigenvalue weighted by Crippen LogP contribution is -2.44. The molecule has 0 heterocycles. The van der Waals surface area contributed by atoms with Crippen molar-refractivity contribution in [1.29, 1.82) is 0 Å². The van der Waals surface area contributed by atoms with E-state index in [0.29, 0.717) is 12.5 Å². The molecule has 0 aliphatic heterocycles. The molecule has 0 aromatic heterocycles. The number of carbonyl (C=O) groups is 3. The number of rotatable bonds is 7. The molecule has 138 valence electrons. The van der Waals surface area contributed by atoms with Gasteiger partial charge in [-0.1, -0.05) is 41.5 Å². The number of hydrogen-bond donors (Lipinski definition) is 1. The van der Waals surface area contributed by atoms with Gasteiger partial charge in [-0.2, -0.15) is 0 Å². The van der Waals surface area contributed by atoms with Gasteiger partial charge in [0.25, 0.3) is 0 Å². The SMILES string of the molecule is CC(C)(C)CC(C)(C(=O)OCCOC(=O)/C=C/C(=O)O)C(C)(C)C. The molecule has 24 heavy (non-hydrogen) atoms. The molecule has 0 aromatic rings. The van der Waals surface area contributed by atoms with Gasteiger partial charge in [-0.15, -0.1) is 0 Å². The first-order valence-corrected chi connectivity index (χ1v) is 7.94. The summed E-state index contributed by atoms with van der Waals surface area (Å²) in [4.78, 5) is 34.1. The summed E-state index contributed by atoms with van der Waals surface area (Å²) < 4.78 is 10.1. The van der Waals surface area contributed by atoms with Crippen molar-refractivity contribution in [3.05, 3.63) is 12.2 Å². The fourth-order valence-electron chi connectivity index (χ4n) is 2.33. The van der Waals surface area contributed by atoms with Crippen molar-refractivity contribution in [2.24, 2.45) is 16.2 Å². The smallest absolute Gasteiger partial charge is 0.331 e. The van der Waals surface area contributed by atoms with E-state index in [9.17, 15) is 14.4 Å². The van der Waals surface area contributed by atoms with E-state index in [-0.39, 0.29) is 30.0 Å². The zero-order valence-corrected chi connectivity index (χ0v) is 15.8. The molecule has 0 rings (SSSR count). The first-order chi connectivity index (χ1) is 10.7. The maximum atomic E-state index is 12.6. The van der Waals surface area contributed by atoms with E-state index in [1.54, 1.807) is 0 Å². The Balaban J connectivity index is 4.66. The number of hydrogen-bond acceptors (Lipinski definition) is 5. The highest BCUT2D eigenvalue weighted by molar-refractivity contribution is 5.90. The summed E-state index contributed by atoms with van der Waals surface area (Å²) in [6, 6.07) is 0. The van der Waals surface area contributed by atoms with Gasteiger partial charge in [0, 0.05) is 12.2 Å². The van der Waals surface area contributed by atoms with Crippen LogP contribution in [0, 0.1) is 16.2 Å². The Hall–Kier alpha value is -1.85. The first kappa shape index (κ1) is 22.1. The van der Waals surface area contributed by atoms with E-state index in [0.717, 1.165) is 6.08 Å². The number of aliphatic carboxylic acids is 1. The monoisotopic (exact) mass is 342 g/mol. The molecule has 1 N–H and O–H groups in total. The number of carbonyl (C=O) groups excluding carboxylic acids is 2. The third kappa shape index (κ3) is 7.62. The van der Waals surface area contributed by atoms with Crippen molar-refractivity contribution in [2.45, 2.75) is 54.9 Å². The zero-order chi connectivity index (χ0) is 19.2. The molecule has 6 nitrogen and oxygen atoms in total. The van der Waals surface area contributed by atoms with Gasteiger partial charge < -0.3 is 14.6 Å². The molecule has 0 bridgehead atoms. The molecule has 0 radical (unpaired) electrons. The second-order valence-electron chi connectivity index (χ2n) is 8.29. The van der Waals surface area contributed by atoms with Crippen LogP contribution >= 0.6 is 0 Å². The van der Waals surface area contributed by atoms with Crippen LogP contribution in [0.25, 0.3) is 0 Å². The highest BCUT2D eigenvalue weighted by atomic mass is 16.6. The minimum atomic E-state index is -1.23. The van der Waals surface area contributed by atoms with E-state index in [4.69, 9.17) is 14.6 Å². The van der Waals surface area contributed by atoms with E-state index in [1.807, 2.05) is 27.7 Å². The maximum Gasteiger partial charge on any atom is 0.331 e. The van der Waals surface area contributed by atoms with Crippen LogP contribution in [0.4, 0.5) is 0 Å². The second kappa shape index (κ2) is 8.31. The standard InChI is InChI=1S/C18H30O6/c1-16(2,3)12-18(7,17(4,5)6)15(22)24-11-10-23-14(21)9-8-13(19)20/h8-9H,10-12H2,1-7H3,(H,19,20)/b9-8+. The van der Waals surface area contributed by atoms with Crippen LogP contribution in [-0.4, -0.2) is 36.2 Å². The van der Waals surface area contributed by atoms with Gasteiger partial charge in [0.05, 0.1) is 5.41 Å². The Morgan fingerprint density at radius 1 is 0.875 bits per heavy atom. The van der Waals surface area contributed by atoms with Crippen LogP contribution in [0.5, 0.6) is 0 Å². The average molecular weight is 342 g/mol. The van der Waals surface area contributed by atoms with Gasteiger partial charge in [0.1, 0.15) is 13.2 Å². The molecule has 1 unspecified atom stereocenters. The van der Waals surface area contributed by atoms with Gasteiger partial charge in [0.2, 0.25) is 0 Å². The number of ether oxygens (including phenoxy) is 2. The summed E-state index contributed by atoms with van der Waals surface area (Å²) in [7, 11) is 0. The Morgan fingerprint density at radius 2 is 1.38 bits per heavy atom. The number of carboxylic acid groups (broad SMARTS) is 1. The van der Waals surface area contributed by atoms with Crippen LogP contribution in [-0.2, 0) is 23.9 Å². The van der Waals surface area contributed by atoms with Crippen LogP contribution in [0.15, 0.2) is 12.2 Å². The van der Waals surface area contributed by atoms with E-state index >= 15 is 0 Å². The van der Waals surface area contributed by atoms with Crippen LogP contribution in [0.1, 0.15) is 54.9 Å². The predicted molar refractivity (Wildman–Crippen MR) is 90.3 cm³/mol. The van der Waals surface area contributed by atoms with Gasteiger partial charge in [-0.3, -0.25) is 4.79 Å². The molecule has 0 saturated carbocycles. The summed E-state index contributed by atoms with van der Waals surface area (Å²) in [6.45, 7) is 13.9. The third-order valence-electron chi connectivity index (χ3n) is 3.91. The quantitative estimate of drug-likeness (QED) is 0.434. The highest BCUT2D eigenvalue weighted by Gasteiger charge is 2.47. The normalized spacial score (nSPS) is 15.0. The molecule has 0 fully saturated rings. The molecular weight excluding hydrogens is 312 g/mol. The number of esters is 2. The minimum Gasteiger partial charge on any atom is -0.478 e. The Morgan fingerprint density at radius 3 is 1.79 bits per heavy atom. The van der Waals surface area contributed by atoms with Gasteiger partial charge in [0.15, 0.2) is 0 Å². The largest absolute Gasteiger partial charge is 0.478 e. The lowest BCUT2D eigenvalue weighted by Gasteiger charge is -2.43. The summed E-state index contributed by atoms with van der Waals surface area (Å²) in [6.07, 6.45) is 2.15. The second-order valence-corrected chi connectivity index (χ2v) is 8.29. The van der Waals surface area contributed by atoms with Crippen molar-refractivity contribution in [3.8, 4) is 0 Å². The van der Waals surface area contributed by atoms with E-state index < -0.39 is 17.4 Å². The Kier molecular flexibility index (Phi) is 7.67. The summed E-state index contributed by atoms with van der Waals surface area (Å²) >= 11 is 0. The fourth-order valence-corrected chi connectivity index (χ4v) is 2.33. The summed E-state index contributed by atoms with van der Waals surface area (Å²) in [5, 5.41) is 8.40. The van der Waals surface area contributed by atoms with Crippen molar-refractivity contribution in [3.63, 3.8) is 0 Å². The van der Waals surface area contributed by atoms with Gasteiger partial charge in [-0.25, -0.2) is 9.59 Å². The molecule has 0 spiro atoms. The van der Waals surface area contributed by atoms with Crippen molar-refractivity contribution >= 4 is 17.9 Å². The summed E-state index contributed by atoms with van der Waals surface area (Å²) in [5.41, 5.74) is -1.02. The van der Waals surface area contributed by atoms with Crippen molar-refractivity contribution in [2.75, 3.05) is 13.2 Å². The van der Waals surface area contributed by atoms with Crippen LogP contribution in [0.2, 0.25) is 0 Å². The van der Waals surface area contributed by atoms with Crippen LogP contribution in [0.3, 0.4) is 0 Å². The maximum absolute atomic E-state index is 12.6. The molecule has 1 atom stereocenters. The van der Waals surface area contributed by atoms with Crippen LogP contribution < -0.4 is 0 Å².